The summed E-state index contributed by atoms with van der Waals surface area (Å²) in [6, 6.07) is 2.55. The zero-order chi connectivity index (χ0) is 19.9. The van der Waals surface area contributed by atoms with Gasteiger partial charge in [0.1, 0.15) is 15.9 Å². The average molecular weight is 411 g/mol. The highest BCUT2D eigenvalue weighted by atomic mass is 35.5. The van der Waals surface area contributed by atoms with E-state index in [1.807, 2.05) is 27.8 Å². The largest absolute Gasteiger partial charge is 0.444 e. The van der Waals surface area contributed by atoms with E-state index in [2.05, 4.69) is 4.98 Å². The van der Waals surface area contributed by atoms with Crippen LogP contribution in [0.25, 0.3) is 0 Å². The third kappa shape index (κ3) is 8.49. The second kappa shape index (κ2) is 10.3. The lowest BCUT2D eigenvalue weighted by molar-refractivity contribution is 0.0189. The van der Waals surface area contributed by atoms with Gasteiger partial charge in [0.15, 0.2) is 0 Å². The summed E-state index contributed by atoms with van der Waals surface area (Å²) >= 11 is 10.7. The molecule has 1 saturated carbocycles. The first-order valence-corrected chi connectivity index (χ1v) is 9.32. The molecule has 1 aliphatic carbocycles. The van der Waals surface area contributed by atoms with Crippen LogP contribution in [-0.2, 0) is 4.74 Å². The summed E-state index contributed by atoms with van der Waals surface area (Å²) in [5.41, 5.74) is -0.602. The predicted molar refractivity (Wildman–Crippen MR) is 100 cm³/mol. The Bertz CT molecular complexity index is 569. The van der Waals surface area contributed by atoms with Crippen molar-refractivity contribution in [1.29, 1.82) is 0 Å². The van der Waals surface area contributed by atoms with Gasteiger partial charge in [-0.1, -0.05) is 42.5 Å². The molecule has 1 heterocycles. The number of nitrogens with zero attached hydrogens (tertiary/aromatic N) is 2. The third-order valence-electron chi connectivity index (χ3n) is 3.84. The molecule has 26 heavy (non-hydrogen) atoms. The Morgan fingerprint density at radius 2 is 1.69 bits per heavy atom. The number of pyridine rings is 1. The van der Waals surface area contributed by atoms with Crippen molar-refractivity contribution in [1.82, 2.24) is 9.88 Å². The molecule has 1 aliphatic rings. The number of alkyl halides is 2. The smallest absolute Gasteiger partial charge is 0.410 e. The number of halogens is 4. The van der Waals surface area contributed by atoms with Gasteiger partial charge in [0, 0.05) is 18.7 Å². The molecule has 0 spiro atoms. The van der Waals surface area contributed by atoms with Crippen LogP contribution in [0.2, 0.25) is 10.3 Å². The summed E-state index contributed by atoms with van der Waals surface area (Å²) in [7, 11) is 1.85. The fraction of sp³-hybridized carbons (Fsp3) is 0.667. The minimum absolute atomic E-state index is 0.0206. The topological polar surface area (TPSA) is 42.4 Å². The lowest BCUT2D eigenvalue weighted by Crippen LogP contribution is -2.41. The van der Waals surface area contributed by atoms with Crippen LogP contribution in [0.1, 0.15) is 64.9 Å². The minimum Gasteiger partial charge on any atom is -0.444 e. The van der Waals surface area contributed by atoms with Crippen molar-refractivity contribution in [3.05, 3.63) is 28.0 Å². The van der Waals surface area contributed by atoms with Crippen molar-refractivity contribution < 1.29 is 18.3 Å². The first-order chi connectivity index (χ1) is 12.0. The van der Waals surface area contributed by atoms with E-state index in [-0.39, 0.29) is 27.6 Å². The van der Waals surface area contributed by atoms with Crippen LogP contribution in [0, 0.1) is 0 Å². The molecule has 8 heteroatoms. The Hall–Kier alpha value is -1.14. The van der Waals surface area contributed by atoms with Crippen LogP contribution in [0.5, 0.6) is 0 Å². The van der Waals surface area contributed by atoms with Gasteiger partial charge < -0.3 is 9.64 Å². The molecule has 0 atom stereocenters. The molecule has 1 amide bonds. The van der Waals surface area contributed by atoms with Crippen molar-refractivity contribution in [3.63, 3.8) is 0 Å². The van der Waals surface area contributed by atoms with Crippen LogP contribution >= 0.6 is 23.2 Å². The fourth-order valence-electron chi connectivity index (χ4n) is 2.56. The maximum atomic E-state index is 12.0. The molecule has 0 unspecified atom stereocenters. The fourth-order valence-corrected chi connectivity index (χ4v) is 3.04. The van der Waals surface area contributed by atoms with Crippen molar-refractivity contribution in [2.45, 2.75) is 70.9 Å². The molecule has 1 fully saturated rings. The van der Waals surface area contributed by atoms with Crippen LogP contribution < -0.4 is 0 Å². The molecule has 0 aromatic carbocycles. The number of amides is 1. The molecule has 1 aromatic heterocycles. The Labute approximate surface area is 163 Å². The minimum atomic E-state index is -2.56. The van der Waals surface area contributed by atoms with E-state index in [0.717, 1.165) is 25.0 Å². The maximum absolute atomic E-state index is 12.0. The van der Waals surface area contributed by atoms with E-state index in [9.17, 15) is 13.6 Å². The molecule has 0 bridgehead atoms. The van der Waals surface area contributed by atoms with Crippen molar-refractivity contribution in [2.24, 2.45) is 0 Å². The lowest BCUT2D eigenvalue weighted by atomic mass is 9.95. The molecule has 0 saturated heterocycles. The number of carbonyl (C=O) groups is 1. The van der Waals surface area contributed by atoms with E-state index in [1.165, 1.54) is 19.3 Å². The highest BCUT2D eigenvalue weighted by molar-refractivity contribution is 6.32. The van der Waals surface area contributed by atoms with E-state index in [0.29, 0.717) is 6.04 Å². The first-order valence-electron chi connectivity index (χ1n) is 8.56. The van der Waals surface area contributed by atoms with Crippen LogP contribution in [0.4, 0.5) is 13.6 Å². The van der Waals surface area contributed by atoms with E-state index < -0.39 is 6.43 Å². The summed E-state index contributed by atoms with van der Waals surface area (Å²) in [6.45, 7) is 5.71. The van der Waals surface area contributed by atoms with E-state index in [1.54, 1.807) is 4.90 Å². The Balaban J connectivity index is 0.000000273. The van der Waals surface area contributed by atoms with Gasteiger partial charge in [-0.3, -0.25) is 0 Å². The highest BCUT2D eigenvalue weighted by Crippen LogP contribution is 2.24. The molecule has 2 rings (SSSR count). The molecule has 0 radical (unpaired) electrons. The number of aromatic nitrogens is 1. The van der Waals surface area contributed by atoms with Crippen LogP contribution in [0.15, 0.2) is 12.1 Å². The van der Waals surface area contributed by atoms with Crippen LogP contribution in [0.3, 0.4) is 0 Å². The Morgan fingerprint density at radius 3 is 2.12 bits per heavy atom. The Morgan fingerprint density at radius 1 is 1.19 bits per heavy atom. The second-order valence-corrected chi connectivity index (χ2v) is 8.00. The number of ether oxygens (including phenoxy) is 1. The number of hydrogen-bond acceptors (Lipinski definition) is 3. The molecule has 0 N–H and O–H groups in total. The summed E-state index contributed by atoms with van der Waals surface area (Å²) < 4.78 is 29.3. The SMILES string of the molecule is CN(C(=O)OC(C)(C)C)C1CCCCC1.FC(F)c1cc(Cl)nc(Cl)c1. The highest BCUT2D eigenvalue weighted by Gasteiger charge is 2.26. The average Bonchev–Trinajstić information content (AvgIpc) is 2.53. The third-order valence-corrected chi connectivity index (χ3v) is 4.23. The van der Waals surface area contributed by atoms with Gasteiger partial charge in [0.2, 0.25) is 0 Å². The second-order valence-electron chi connectivity index (χ2n) is 7.23. The molecular formula is C18H26Cl2F2N2O2. The predicted octanol–water partition coefficient (Wildman–Crippen LogP) is 6.51. The zero-order valence-electron chi connectivity index (χ0n) is 15.6. The lowest BCUT2D eigenvalue weighted by Gasteiger charge is -2.32. The summed E-state index contributed by atoms with van der Waals surface area (Å²) in [6.07, 6.45) is 3.27. The first kappa shape index (κ1) is 22.9. The maximum Gasteiger partial charge on any atom is 0.410 e. The van der Waals surface area contributed by atoms with Gasteiger partial charge in [0.25, 0.3) is 6.43 Å². The monoisotopic (exact) mass is 410 g/mol. The molecule has 1 aromatic rings. The molecular weight excluding hydrogens is 385 g/mol. The quantitative estimate of drug-likeness (QED) is 0.521. The number of hydrogen-bond donors (Lipinski definition) is 0. The van der Waals surface area contributed by atoms with Gasteiger partial charge in [-0.15, -0.1) is 0 Å². The van der Waals surface area contributed by atoms with Gasteiger partial charge in [-0.2, -0.15) is 0 Å². The number of carbonyl (C=O) groups excluding carboxylic acids is 1. The van der Waals surface area contributed by atoms with Gasteiger partial charge >= 0.3 is 6.09 Å². The van der Waals surface area contributed by atoms with E-state index in [4.69, 9.17) is 27.9 Å². The Kier molecular flexibility index (Phi) is 9.04. The van der Waals surface area contributed by atoms with Gasteiger partial charge in [0.05, 0.1) is 0 Å². The molecule has 148 valence electrons. The van der Waals surface area contributed by atoms with Gasteiger partial charge in [-0.05, 0) is 45.7 Å². The van der Waals surface area contributed by atoms with Crippen molar-refractivity contribution in [3.8, 4) is 0 Å². The number of rotatable bonds is 2. The summed E-state index contributed by atoms with van der Waals surface area (Å²) in [5, 5.41) is -0.0411. The molecule has 4 nitrogen and oxygen atoms in total. The summed E-state index contributed by atoms with van der Waals surface area (Å²) in [5.74, 6) is 0. The van der Waals surface area contributed by atoms with Crippen molar-refractivity contribution in [2.75, 3.05) is 7.05 Å². The zero-order valence-corrected chi connectivity index (χ0v) is 17.1. The standard InChI is InChI=1S/C12H23NO2.C6H3Cl2F2N/c1-12(2,3)15-11(14)13(4)10-8-6-5-7-9-10;7-4-1-3(6(9)10)2-5(8)11-4/h10H,5-9H2,1-4H3;1-2,6H. The normalized spacial score (nSPS) is 15.3. The van der Waals surface area contributed by atoms with Gasteiger partial charge in [-0.25, -0.2) is 18.6 Å². The van der Waals surface area contributed by atoms with Crippen molar-refractivity contribution >= 4 is 29.3 Å². The molecule has 0 aliphatic heterocycles. The summed E-state index contributed by atoms with van der Waals surface area (Å²) in [4.78, 5) is 17.0. The van der Waals surface area contributed by atoms with E-state index >= 15 is 0 Å². The van der Waals surface area contributed by atoms with Crippen LogP contribution in [-0.4, -0.2) is 34.7 Å².